The molecule has 24 heteroatoms. The van der Waals surface area contributed by atoms with Gasteiger partial charge in [0.15, 0.2) is 0 Å². The maximum Gasteiger partial charge on any atom is 0.243 e. The van der Waals surface area contributed by atoms with Crippen LogP contribution in [0.25, 0.3) is 0 Å². The van der Waals surface area contributed by atoms with Crippen molar-refractivity contribution in [2.75, 3.05) is 93.8 Å². The summed E-state index contributed by atoms with van der Waals surface area (Å²) in [7, 11) is 6.87. The van der Waals surface area contributed by atoms with Gasteiger partial charge in [0.05, 0.1) is 48.6 Å². The number of likely N-dealkylation sites (N-methyl/N-ethyl adjacent to an activating group) is 2. The SMILES string of the molecule is CCC(C)(CC)COC(C)(C)CCOC(C)(C)CCNC(=O)C(CCCCNC(=O)C(CCCCNC(=O)C(N)CCCCN)N(C)C(=O)C(N)CCCCN)NC(=O)C(CCCCNC(=O)C(N)CCCCNC)N(C)C(=O)C(N)CCCCNC. The van der Waals surface area contributed by atoms with Crippen molar-refractivity contribution in [3.8, 4) is 0 Å². The second-order valence-corrected chi connectivity index (χ2v) is 25.5. The summed E-state index contributed by atoms with van der Waals surface area (Å²) in [4.78, 5) is 98.7. The van der Waals surface area contributed by atoms with E-state index in [4.69, 9.17) is 43.9 Å². The molecule has 510 valence electrons. The van der Waals surface area contributed by atoms with Gasteiger partial charge in [-0.2, -0.15) is 0 Å². The number of amides is 7. The molecule has 7 unspecified atom stereocenters. The van der Waals surface area contributed by atoms with Crippen LogP contribution in [0.15, 0.2) is 0 Å². The van der Waals surface area contributed by atoms with E-state index >= 15 is 0 Å². The van der Waals surface area contributed by atoms with E-state index in [1.807, 2.05) is 27.9 Å². The smallest absolute Gasteiger partial charge is 0.243 e. The lowest BCUT2D eigenvalue weighted by atomic mass is 9.85. The van der Waals surface area contributed by atoms with E-state index in [2.05, 4.69) is 71.8 Å². The Bertz CT molecular complexity index is 1900. The van der Waals surface area contributed by atoms with E-state index in [9.17, 15) is 33.6 Å². The first-order valence-electron chi connectivity index (χ1n) is 33.1. The molecule has 0 aromatic rings. The van der Waals surface area contributed by atoms with Crippen LogP contribution < -0.4 is 71.6 Å². The number of unbranched alkanes of at least 4 members (excludes halogenated alkanes) is 7. The first-order chi connectivity index (χ1) is 41.2. The fourth-order valence-corrected chi connectivity index (χ4v) is 9.79. The Labute approximate surface area is 525 Å². The molecule has 0 bridgehead atoms. The fraction of sp³-hybridized carbons (Fsp3) is 0.889. The van der Waals surface area contributed by atoms with Crippen molar-refractivity contribution in [2.24, 2.45) is 39.8 Å². The third-order valence-electron chi connectivity index (χ3n) is 16.9. The highest BCUT2D eigenvalue weighted by Gasteiger charge is 2.34. The van der Waals surface area contributed by atoms with Crippen LogP contribution in [0.4, 0.5) is 0 Å². The van der Waals surface area contributed by atoms with Crippen molar-refractivity contribution >= 4 is 41.4 Å². The lowest BCUT2D eigenvalue weighted by molar-refractivity contribution is -0.141. The fourth-order valence-electron chi connectivity index (χ4n) is 9.79. The van der Waals surface area contributed by atoms with Crippen LogP contribution in [0, 0.1) is 5.41 Å². The summed E-state index contributed by atoms with van der Waals surface area (Å²) in [6.07, 6.45) is 14.8. The molecule has 0 saturated heterocycles. The van der Waals surface area contributed by atoms with Crippen LogP contribution in [-0.2, 0) is 43.0 Å². The van der Waals surface area contributed by atoms with Crippen LogP contribution >= 0.6 is 0 Å². The zero-order valence-electron chi connectivity index (χ0n) is 56.3. The topological polar surface area (TPSA) is 385 Å². The number of hydrogen-bond acceptors (Lipinski definition) is 17. The molecule has 0 aromatic heterocycles. The quantitative estimate of drug-likeness (QED) is 0.0389. The van der Waals surface area contributed by atoms with Crippen LogP contribution in [0.5, 0.6) is 0 Å². The maximum atomic E-state index is 14.6. The largest absolute Gasteiger partial charge is 0.375 e. The third-order valence-corrected chi connectivity index (χ3v) is 16.9. The summed E-state index contributed by atoms with van der Waals surface area (Å²) in [5, 5.41) is 21.0. The molecule has 24 nitrogen and oxygen atoms in total. The van der Waals surface area contributed by atoms with Gasteiger partial charge in [-0.25, -0.2) is 0 Å². The van der Waals surface area contributed by atoms with Crippen molar-refractivity contribution in [1.29, 1.82) is 0 Å². The normalized spacial score (nSPS) is 14.4. The van der Waals surface area contributed by atoms with Gasteiger partial charge in [-0.05, 0) is 208 Å². The van der Waals surface area contributed by atoms with Crippen LogP contribution in [0.1, 0.15) is 209 Å². The van der Waals surface area contributed by atoms with Crippen molar-refractivity contribution in [2.45, 2.75) is 262 Å². The molecule has 0 aliphatic carbocycles. The van der Waals surface area contributed by atoms with Crippen molar-refractivity contribution in [1.82, 2.24) is 47.0 Å². The number of carbonyl (C=O) groups excluding carboxylic acids is 7. The van der Waals surface area contributed by atoms with Crippen LogP contribution in [0.2, 0.25) is 0 Å². The molecule has 19 N–H and O–H groups in total. The molecule has 0 saturated carbocycles. The molecular formula is C63H129N15O9. The van der Waals surface area contributed by atoms with Gasteiger partial charge < -0.3 is 90.9 Å². The van der Waals surface area contributed by atoms with Gasteiger partial charge in [-0.1, -0.05) is 46.5 Å². The molecule has 0 spiro atoms. The number of nitrogens with one attached hydrogen (secondary N) is 7. The van der Waals surface area contributed by atoms with Gasteiger partial charge in [0.2, 0.25) is 41.4 Å². The molecule has 0 radical (unpaired) electrons. The number of nitrogens with two attached hydrogens (primary N) is 6. The van der Waals surface area contributed by atoms with Gasteiger partial charge >= 0.3 is 0 Å². The van der Waals surface area contributed by atoms with E-state index in [1.54, 1.807) is 14.1 Å². The molecule has 0 aliphatic heterocycles. The standard InChI is InChI=1S/C63H129N15O9/c1-12-63(7,13-2)46-87-62(5,6)36-45-86-61(3,4)35-44-75-56(81)51(76-58(83)53(78(11)60(85)50(69)31-17-24-40-71-9)34-20-27-42-73-55(80)48(67)29-16-23-39-70-8)32-18-25-43-74-57(82)52(77(10)59(84)49(68)30-15-22-38-65)33-19-26-41-72-54(79)47(66)28-14-21-37-64/h47-53,70-71H,12-46,64-69H2,1-11H3,(H,72,79)(H,73,80)(H,74,82)(H,75,81)(H,76,83). The van der Waals surface area contributed by atoms with E-state index in [-0.39, 0.29) is 55.0 Å². The molecule has 0 aliphatic rings. The Morgan fingerprint density at radius 2 is 0.793 bits per heavy atom. The number of ether oxygens (including phenoxy) is 2. The van der Waals surface area contributed by atoms with E-state index < -0.39 is 71.2 Å². The van der Waals surface area contributed by atoms with E-state index in [0.29, 0.717) is 142 Å². The Hall–Kier alpha value is -4.11. The average molecular weight is 1240 g/mol. The number of hydrogen-bond donors (Lipinski definition) is 13. The minimum absolute atomic E-state index is 0.103. The number of carbonyl (C=O) groups is 7. The molecule has 0 heterocycles. The van der Waals surface area contributed by atoms with Crippen LogP contribution in [0.3, 0.4) is 0 Å². The van der Waals surface area contributed by atoms with Gasteiger partial charge in [-0.3, -0.25) is 33.6 Å². The molecule has 7 atom stereocenters. The first-order valence-corrected chi connectivity index (χ1v) is 33.1. The van der Waals surface area contributed by atoms with Gasteiger partial charge in [0.1, 0.15) is 18.1 Å². The second-order valence-electron chi connectivity index (χ2n) is 25.5. The molecule has 0 rings (SSSR count). The third kappa shape index (κ3) is 37.6. The first kappa shape index (κ1) is 82.9. The van der Waals surface area contributed by atoms with Gasteiger partial charge in [0.25, 0.3) is 0 Å². The van der Waals surface area contributed by atoms with Crippen molar-refractivity contribution < 1.29 is 43.0 Å². The highest BCUT2D eigenvalue weighted by Crippen LogP contribution is 2.29. The highest BCUT2D eigenvalue weighted by molar-refractivity contribution is 5.93. The molecule has 87 heavy (non-hydrogen) atoms. The zero-order valence-corrected chi connectivity index (χ0v) is 56.3. The summed E-state index contributed by atoms with van der Waals surface area (Å²) < 4.78 is 12.8. The van der Waals surface area contributed by atoms with Crippen LogP contribution in [-0.4, -0.2) is 198 Å². The average Bonchev–Trinajstić information content (AvgIpc) is 3.40. The molecule has 7 amide bonds. The van der Waals surface area contributed by atoms with E-state index in [1.165, 1.54) is 9.80 Å². The van der Waals surface area contributed by atoms with Gasteiger partial charge in [-0.15, -0.1) is 0 Å². The summed E-state index contributed by atoms with van der Waals surface area (Å²) in [5.74, 6) is -2.57. The van der Waals surface area contributed by atoms with Crippen molar-refractivity contribution in [3.05, 3.63) is 0 Å². The highest BCUT2D eigenvalue weighted by atomic mass is 16.5. The minimum Gasteiger partial charge on any atom is -0.375 e. The maximum absolute atomic E-state index is 14.6. The van der Waals surface area contributed by atoms with E-state index in [0.717, 1.165) is 58.0 Å². The summed E-state index contributed by atoms with van der Waals surface area (Å²) >= 11 is 0. The predicted octanol–water partition coefficient (Wildman–Crippen LogP) is 2.64. The summed E-state index contributed by atoms with van der Waals surface area (Å²) in [6.45, 7) is 19.5. The van der Waals surface area contributed by atoms with Gasteiger partial charge in [0, 0.05) is 40.3 Å². The Balaban J connectivity index is 6.53. The zero-order chi connectivity index (χ0) is 65.9. The monoisotopic (exact) mass is 1240 g/mol. The lowest BCUT2D eigenvalue weighted by Crippen LogP contribution is -2.56. The molecule has 0 fully saturated rings. The summed E-state index contributed by atoms with van der Waals surface area (Å²) in [6, 6.07) is -5.82. The minimum atomic E-state index is -1.03. The Morgan fingerprint density at radius 3 is 1.23 bits per heavy atom. The Kier molecular flexibility index (Phi) is 45.5. The summed E-state index contributed by atoms with van der Waals surface area (Å²) in [5.41, 5.74) is 35.4. The molecular weight excluding hydrogens is 1110 g/mol. The second kappa shape index (κ2) is 47.8. The Morgan fingerprint density at radius 1 is 0.425 bits per heavy atom. The van der Waals surface area contributed by atoms with Crippen molar-refractivity contribution in [3.63, 3.8) is 0 Å². The predicted molar refractivity (Wildman–Crippen MR) is 350 cm³/mol. The number of rotatable bonds is 55. The lowest BCUT2D eigenvalue weighted by Gasteiger charge is -2.34. The molecule has 0 aromatic carbocycles. The number of nitrogens with zero attached hydrogens (tertiary/aromatic N) is 2.